The van der Waals surface area contributed by atoms with Crippen LogP contribution >= 0.6 is 0 Å². The van der Waals surface area contributed by atoms with E-state index in [0.717, 1.165) is 24.8 Å². The summed E-state index contributed by atoms with van der Waals surface area (Å²) in [4.78, 5) is 15.4. The Labute approximate surface area is 116 Å². The maximum Gasteiger partial charge on any atom is 0.258 e. The van der Waals surface area contributed by atoms with Crippen molar-refractivity contribution in [3.8, 4) is 11.5 Å². The van der Waals surface area contributed by atoms with Crippen molar-refractivity contribution in [1.29, 1.82) is 0 Å². The Bertz CT molecular complexity index is 646. The van der Waals surface area contributed by atoms with Crippen LogP contribution in [0.5, 0.6) is 0 Å². The molecule has 1 aromatic heterocycles. The van der Waals surface area contributed by atoms with Crippen LogP contribution in [0.1, 0.15) is 32.0 Å². The number of hydrogen-bond donors (Lipinski definition) is 2. The molecular formula is C14H16N4O2. The normalized spacial score (nSPS) is 16.5. The summed E-state index contributed by atoms with van der Waals surface area (Å²) in [6.07, 6.45) is 2.87. The number of aromatic nitrogens is 2. The summed E-state index contributed by atoms with van der Waals surface area (Å²) < 4.78 is 5.28. The van der Waals surface area contributed by atoms with E-state index < -0.39 is 5.54 Å². The predicted molar refractivity (Wildman–Crippen MR) is 73.8 cm³/mol. The third-order valence-corrected chi connectivity index (χ3v) is 3.55. The highest BCUT2D eigenvalue weighted by atomic mass is 16.5. The van der Waals surface area contributed by atoms with Gasteiger partial charge in [0.2, 0.25) is 5.91 Å². The predicted octanol–water partition coefficient (Wildman–Crippen LogP) is 2.03. The number of rotatable bonds is 3. The third kappa shape index (κ3) is 2.30. The van der Waals surface area contributed by atoms with Crippen molar-refractivity contribution in [3.05, 3.63) is 30.1 Å². The summed E-state index contributed by atoms with van der Waals surface area (Å²) in [5.41, 5.74) is 7.19. The quantitative estimate of drug-likeness (QED) is 0.891. The van der Waals surface area contributed by atoms with E-state index in [0.29, 0.717) is 17.4 Å². The number of amides is 1. The smallest absolute Gasteiger partial charge is 0.258 e. The molecule has 1 aliphatic carbocycles. The lowest BCUT2D eigenvalue weighted by atomic mass is 9.77. The number of nitrogens with zero attached hydrogens (tertiary/aromatic N) is 2. The molecule has 1 aliphatic rings. The van der Waals surface area contributed by atoms with Crippen molar-refractivity contribution in [2.45, 2.75) is 31.7 Å². The third-order valence-electron chi connectivity index (χ3n) is 3.55. The molecule has 2 aromatic rings. The first-order valence-corrected chi connectivity index (χ1v) is 6.58. The van der Waals surface area contributed by atoms with Gasteiger partial charge in [0, 0.05) is 18.2 Å². The lowest BCUT2D eigenvalue weighted by Crippen LogP contribution is -2.44. The minimum absolute atomic E-state index is 0.122. The molecule has 0 bridgehead atoms. The lowest BCUT2D eigenvalue weighted by molar-refractivity contribution is -0.114. The molecule has 0 aliphatic heterocycles. The Morgan fingerprint density at radius 1 is 1.45 bits per heavy atom. The van der Waals surface area contributed by atoms with Crippen molar-refractivity contribution >= 4 is 11.6 Å². The number of anilines is 1. The van der Waals surface area contributed by atoms with Crippen LogP contribution in [0, 0.1) is 0 Å². The molecule has 6 nitrogen and oxygen atoms in total. The van der Waals surface area contributed by atoms with Crippen LogP contribution in [0.25, 0.3) is 11.5 Å². The van der Waals surface area contributed by atoms with Gasteiger partial charge in [0.15, 0.2) is 5.82 Å². The molecule has 1 amide bonds. The topological polar surface area (TPSA) is 94.0 Å². The first-order valence-electron chi connectivity index (χ1n) is 6.58. The monoisotopic (exact) mass is 272 g/mol. The van der Waals surface area contributed by atoms with E-state index >= 15 is 0 Å². The summed E-state index contributed by atoms with van der Waals surface area (Å²) in [5, 5.41) is 6.70. The molecule has 0 radical (unpaired) electrons. The Hall–Kier alpha value is -2.21. The highest BCUT2D eigenvalue weighted by Crippen LogP contribution is 2.37. The largest absolute Gasteiger partial charge is 0.334 e. The van der Waals surface area contributed by atoms with Crippen LogP contribution in [0.15, 0.2) is 28.8 Å². The maximum absolute atomic E-state index is 11.1. The van der Waals surface area contributed by atoms with Gasteiger partial charge in [0.1, 0.15) is 0 Å². The number of carbonyl (C=O) groups excluding carboxylic acids is 1. The van der Waals surface area contributed by atoms with Gasteiger partial charge in [-0.05, 0) is 37.5 Å². The minimum Gasteiger partial charge on any atom is -0.334 e. The molecule has 0 unspecified atom stereocenters. The summed E-state index contributed by atoms with van der Waals surface area (Å²) in [7, 11) is 0. The zero-order valence-corrected chi connectivity index (χ0v) is 11.2. The number of benzene rings is 1. The Balaban J connectivity index is 1.87. The SMILES string of the molecule is CC(=O)Nc1cccc(-c2nc(C3(N)CCC3)no2)c1. The van der Waals surface area contributed by atoms with Gasteiger partial charge < -0.3 is 15.6 Å². The highest BCUT2D eigenvalue weighted by Gasteiger charge is 2.39. The molecule has 20 heavy (non-hydrogen) atoms. The fourth-order valence-electron chi connectivity index (χ4n) is 2.26. The number of carbonyl (C=O) groups is 1. The van der Waals surface area contributed by atoms with Crippen molar-refractivity contribution in [1.82, 2.24) is 10.1 Å². The summed E-state index contributed by atoms with van der Waals surface area (Å²) >= 11 is 0. The van der Waals surface area contributed by atoms with Gasteiger partial charge in [-0.3, -0.25) is 4.79 Å². The Morgan fingerprint density at radius 3 is 2.90 bits per heavy atom. The average Bonchev–Trinajstić information content (AvgIpc) is 2.85. The van der Waals surface area contributed by atoms with E-state index in [1.54, 1.807) is 12.1 Å². The molecule has 1 saturated carbocycles. The van der Waals surface area contributed by atoms with Crippen molar-refractivity contribution in [2.24, 2.45) is 5.73 Å². The van der Waals surface area contributed by atoms with Crippen molar-refractivity contribution < 1.29 is 9.32 Å². The van der Waals surface area contributed by atoms with Gasteiger partial charge in [-0.15, -0.1) is 0 Å². The van der Waals surface area contributed by atoms with Gasteiger partial charge in [-0.2, -0.15) is 4.98 Å². The number of nitrogens with two attached hydrogens (primary N) is 1. The van der Waals surface area contributed by atoms with Gasteiger partial charge in [-0.1, -0.05) is 11.2 Å². The molecule has 3 N–H and O–H groups in total. The van der Waals surface area contributed by atoms with Crippen molar-refractivity contribution in [3.63, 3.8) is 0 Å². The molecule has 0 saturated heterocycles. The second kappa shape index (κ2) is 4.72. The average molecular weight is 272 g/mol. The van der Waals surface area contributed by atoms with Gasteiger partial charge in [0.25, 0.3) is 5.89 Å². The molecule has 6 heteroatoms. The van der Waals surface area contributed by atoms with E-state index in [-0.39, 0.29) is 5.91 Å². The van der Waals surface area contributed by atoms with Crippen LogP contribution < -0.4 is 11.1 Å². The second-order valence-electron chi connectivity index (χ2n) is 5.19. The summed E-state index contributed by atoms with van der Waals surface area (Å²) in [5.74, 6) is 0.858. The molecule has 0 spiro atoms. The second-order valence-corrected chi connectivity index (χ2v) is 5.19. The van der Waals surface area contributed by atoms with Gasteiger partial charge >= 0.3 is 0 Å². The number of hydrogen-bond acceptors (Lipinski definition) is 5. The van der Waals surface area contributed by atoms with E-state index in [4.69, 9.17) is 10.3 Å². The fourth-order valence-corrected chi connectivity index (χ4v) is 2.26. The van der Waals surface area contributed by atoms with Crippen LogP contribution in [-0.4, -0.2) is 16.0 Å². The highest BCUT2D eigenvalue weighted by molar-refractivity contribution is 5.89. The molecule has 1 fully saturated rings. The van der Waals surface area contributed by atoms with Crippen LogP contribution in [-0.2, 0) is 10.3 Å². The summed E-state index contributed by atoms with van der Waals surface area (Å²) in [6, 6.07) is 7.28. The molecule has 1 aromatic carbocycles. The Morgan fingerprint density at radius 2 is 2.25 bits per heavy atom. The van der Waals surface area contributed by atoms with Crippen LogP contribution in [0.2, 0.25) is 0 Å². The minimum atomic E-state index is -0.434. The molecule has 3 rings (SSSR count). The van der Waals surface area contributed by atoms with E-state index in [2.05, 4.69) is 15.5 Å². The maximum atomic E-state index is 11.1. The molecule has 0 atom stereocenters. The van der Waals surface area contributed by atoms with Crippen LogP contribution in [0.3, 0.4) is 0 Å². The van der Waals surface area contributed by atoms with Gasteiger partial charge in [0.05, 0.1) is 5.54 Å². The van der Waals surface area contributed by atoms with Crippen molar-refractivity contribution in [2.75, 3.05) is 5.32 Å². The van der Waals surface area contributed by atoms with E-state index in [9.17, 15) is 4.79 Å². The lowest BCUT2D eigenvalue weighted by Gasteiger charge is -2.34. The van der Waals surface area contributed by atoms with Gasteiger partial charge in [-0.25, -0.2) is 0 Å². The fraction of sp³-hybridized carbons (Fsp3) is 0.357. The van der Waals surface area contributed by atoms with E-state index in [1.807, 2.05) is 12.1 Å². The number of nitrogens with one attached hydrogen (secondary N) is 1. The van der Waals surface area contributed by atoms with Crippen LogP contribution in [0.4, 0.5) is 5.69 Å². The zero-order valence-electron chi connectivity index (χ0n) is 11.2. The molecular weight excluding hydrogens is 256 g/mol. The first-order chi connectivity index (χ1) is 9.57. The first kappa shape index (κ1) is 12.8. The molecule has 104 valence electrons. The molecule has 1 heterocycles. The standard InChI is InChI=1S/C14H16N4O2/c1-9(19)16-11-5-2-4-10(8-11)12-17-13(18-20-12)14(15)6-3-7-14/h2,4-5,8H,3,6-7,15H2,1H3,(H,16,19). The zero-order chi connectivity index (χ0) is 14.2. The van der Waals surface area contributed by atoms with E-state index in [1.165, 1.54) is 6.92 Å². The summed E-state index contributed by atoms with van der Waals surface area (Å²) in [6.45, 7) is 1.46. The Kier molecular flexibility index (Phi) is 3.02.